The van der Waals surface area contributed by atoms with Crippen molar-refractivity contribution >= 4 is 5.82 Å². The first kappa shape index (κ1) is 12.8. The molecule has 1 aliphatic heterocycles. The van der Waals surface area contributed by atoms with E-state index >= 15 is 0 Å². The Kier molecular flexibility index (Phi) is 4.16. The molecule has 4 heteroatoms. The predicted molar refractivity (Wildman–Crippen MR) is 70.6 cm³/mol. The van der Waals surface area contributed by atoms with E-state index < -0.39 is 0 Å². The number of hydrogen-bond acceptors (Lipinski definition) is 4. The molecule has 0 saturated carbocycles. The van der Waals surface area contributed by atoms with E-state index in [1.807, 2.05) is 26.0 Å². The third-order valence-electron chi connectivity index (χ3n) is 3.21. The first-order chi connectivity index (χ1) is 8.74. The molecule has 96 valence electrons. The Balaban J connectivity index is 2.20. The third-order valence-corrected chi connectivity index (χ3v) is 3.21. The van der Waals surface area contributed by atoms with Gasteiger partial charge in [-0.05, 0) is 38.8 Å². The molecule has 0 aliphatic carbocycles. The summed E-state index contributed by atoms with van der Waals surface area (Å²) in [5, 5.41) is 9.16. The second-order valence-corrected chi connectivity index (χ2v) is 4.60. The topological polar surface area (TPSA) is 49.1 Å². The minimum atomic E-state index is 0.262. The van der Waals surface area contributed by atoms with Crippen molar-refractivity contribution in [3.05, 3.63) is 23.4 Å². The molecular formula is C14H19N3O. The summed E-state index contributed by atoms with van der Waals surface area (Å²) in [5.74, 6) is 0.807. The van der Waals surface area contributed by atoms with Gasteiger partial charge in [-0.2, -0.15) is 5.26 Å². The summed E-state index contributed by atoms with van der Waals surface area (Å²) in [5.41, 5.74) is 1.60. The zero-order chi connectivity index (χ0) is 13.0. The van der Waals surface area contributed by atoms with Crippen LogP contribution in [0.1, 0.15) is 31.0 Å². The molecule has 1 saturated heterocycles. The Morgan fingerprint density at radius 3 is 3.11 bits per heavy atom. The summed E-state index contributed by atoms with van der Waals surface area (Å²) in [4.78, 5) is 6.69. The molecule has 1 aromatic heterocycles. The van der Waals surface area contributed by atoms with Crippen molar-refractivity contribution in [1.29, 1.82) is 5.26 Å². The van der Waals surface area contributed by atoms with Crippen LogP contribution in [0.4, 0.5) is 5.82 Å². The number of ether oxygens (including phenoxy) is 1. The Hall–Kier alpha value is -1.60. The number of piperidine rings is 1. The van der Waals surface area contributed by atoms with Gasteiger partial charge >= 0.3 is 0 Å². The number of aryl methyl sites for hydroxylation is 1. The fourth-order valence-electron chi connectivity index (χ4n) is 2.37. The van der Waals surface area contributed by atoms with Crippen molar-refractivity contribution in [3.8, 4) is 6.07 Å². The molecule has 0 spiro atoms. The predicted octanol–water partition coefficient (Wildman–Crippen LogP) is 2.27. The fourth-order valence-corrected chi connectivity index (χ4v) is 2.37. The molecule has 1 aromatic rings. The average molecular weight is 245 g/mol. The second-order valence-electron chi connectivity index (χ2n) is 4.60. The molecule has 0 aromatic carbocycles. The highest BCUT2D eigenvalue weighted by Gasteiger charge is 2.23. The van der Waals surface area contributed by atoms with Crippen LogP contribution in [-0.4, -0.2) is 30.8 Å². The SMILES string of the molecule is CCOC1CCCN(c2nc(C)ccc2C#N)C1. The highest BCUT2D eigenvalue weighted by molar-refractivity contribution is 5.54. The zero-order valence-corrected chi connectivity index (χ0v) is 11.0. The van der Waals surface area contributed by atoms with Crippen molar-refractivity contribution in [1.82, 2.24) is 4.98 Å². The number of hydrogen-bond donors (Lipinski definition) is 0. The summed E-state index contributed by atoms with van der Waals surface area (Å²) in [6.45, 7) is 6.50. The van der Waals surface area contributed by atoms with Gasteiger partial charge in [0, 0.05) is 25.4 Å². The normalized spacial score (nSPS) is 19.6. The van der Waals surface area contributed by atoms with Crippen molar-refractivity contribution < 1.29 is 4.74 Å². The minimum Gasteiger partial charge on any atom is -0.377 e. The van der Waals surface area contributed by atoms with E-state index in [1.165, 1.54) is 0 Å². The van der Waals surface area contributed by atoms with Gasteiger partial charge in [0.1, 0.15) is 11.9 Å². The number of nitriles is 1. The highest BCUT2D eigenvalue weighted by Crippen LogP contribution is 2.23. The standard InChI is InChI=1S/C14H19N3O/c1-3-18-13-5-4-8-17(10-13)14-12(9-15)7-6-11(2)16-14/h6-7,13H,3-5,8,10H2,1-2H3. The van der Waals surface area contributed by atoms with Crippen LogP contribution in [0.25, 0.3) is 0 Å². The van der Waals surface area contributed by atoms with Crippen LogP contribution in [-0.2, 0) is 4.74 Å². The number of anilines is 1. The van der Waals surface area contributed by atoms with Gasteiger partial charge in [0.05, 0.1) is 11.7 Å². The van der Waals surface area contributed by atoms with Crippen LogP contribution < -0.4 is 4.90 Å². The van der Waals surface area contributed by atoms with E-state index in [4.69, 9.17) is 10.00 Å². The summed E-state index contributed by atoms with van der Waals surface area (Å²) in [7, 11) is 0. The monoisotopic (exact) mass is 245 g/mol. The van der Waals surface area contributed by atoms with Crippen LogP contribution in [0.15, 0.2) is 12.1 Å². The Morgan fingerprint density at radius 2 is 2.39 bits per heavy atom. The van der Waals surface area contributed by atoms with E-state index in [9.17, 15) is 0 Å². The molecule has 0 radical (unpaired) electrons. The molecule has 1 fully saturated rings. The van der Waals surface area contributed by atoms with Gasteiger partial charge in [0.25, 0.3) is 0 Å². The molecule has 0 amide bonds. The molecule has 1 atom stereocenters. The maximum atomic E-state index is 9.16. The molecular weight excluding hydrogens is 226 g/mol. The highest BCUT2D eigenvalue weighted by atomic mass is 16.5. The summed E-state index contributed by atoms with van der Waals surface area (Å²) in [6, 6.07) is 5.95. The van der Waals surface area contributed by atoms with Gasteiger partial charge in [0.2, 0.25) is 0 Å². The zero-order valence-electron chi connectivity index (χ0n) is 11.0. The molecule has 0 N–H and O–H groups in total. The van der Waals surface area contributed by atoms with Crippen molar-refractivity contribution in [2.75, 3.05) is 24.6 Å². The number of nitrogens with zero attached hydrogens (tertiary/aromatic N) is 3. The van der Waals surface area contributed by atoms with E-state index in [0.717, 1.165) is 44.0 Å². The average Bonchev–Trinajstić information content (AvgIpc) is 2.39. The number of rotatable bonds is 3. The van der Waals surface area contributed by atoms with Gasteiger partial charge in [-0.15, -0.1) is 0 Å². The molecule has 18 heavy (non-hydrogen) atoms. The lowest BCUT2D eigenvalue weighted by molar-refractivity contribution is 0.0525. The quantitative estimate of drug-likeness (QED) is 0.819. The van der Waals surface area contributed by atoms with Crippen LogP contribution in [0.2, 0.25) is 0 Å². The molecule has 4 nitrogen and oxygen atoms in total. The molecule has 0 bridgehead atoms. The molecule has 2 rings (SSSR count). The molecule has 2 heterocycles. The van der Waals surface area contributed by atoms with Crippen LogP contribution in [0.5, 0.6) is 0 Å². The van der Waals surface area contributed by atoms with E-state index in [-0.39, 0.29) is 6.10 Å². The lowest BCUT2D eigenvalue weighted by Gasteiger charge is -2.33. The van der Waals surface area contributed by atoms with Gasteiger partial charge in [-0.3, -0.25) is 0 Å². The number of pyridine rings is 1. The first-order valence-corrected chi connectivity index (χ1v) is 6.49. The van der Waals surface area contributed by atoms with Crippen molar-refractivity contribution in [3.63, 3.8) is 0 Å². The maximum Gasteiger partial charge on any atom is 0.146 e. The second kappa shape index (κ2) is 5.83. The first-order valence-electron chi connectivity index (χ1n) is 6.49. The molecule has 1 unspecified atom stereocenters. The van der Waals surface area contributed by atoms with Crippen LogP contribution >= 0.6 is 0 Å². The van der Waals surface area contributed by atoms with Gasteiger partial charge in [-0.1, -0.05) is 0 Å². The summed E-state index contributed by atoms with van der Waals surface area (Å²) in [6.07, 6.45) is 2.45. The van der Waals surface area contributed by atoms with Gasteiger partial charge < -0.3 is 9.64 Å². The van der Waals surface area contributed by atoms with E-state index in [1.54, 1.807) is 0 Å². The van der Waals surface area contributed by atoms with E-state index in [2.05, 4.69) is 16.0 Å². The summed E-state index contributed by atoms with van der Waals surface area (Å²) < 4.78 is 5.69. The maximum absolute atomic E-state index is 9.16. The third kappa shape index (κ3) is 2.80. The Labute approximate surface area is 108 Å². The Morgan fingerprint density at radius 1 is 1.56 bits per heavy atom. The smallest absolute Gasteiger partial charge is 0.146 e. The van der Waals surface area contributed by atoms with Gasteiger partial charge in [0.15, 0.2) is 0 Å². The summed E-state index contributed by atoms with van der Waals surface area (Å²) >= 11 is 0. The molecule has 1 aliphatic rings. The fraction of sp³-hybridized carbons (Fsp3) is 0.571. The van der Waals surface area contributed by atoms with Crippen molar-refractivity contribution in [2.24, 2.45) is 0 Å². The van der Waals surface area contributed by atoms with E-state index in [0.29, 0.717) is 5.56 Å². The minimum absolute atomic E-state index is 0.262. The van der Waals surface area contributed by atoms with Crippen molar-refractivity contribution in [2.45, 2.75) is 32.8 Å². The lowest BCUT2D eigenvalue weighted by Crippen LogP contribution is -2.40. The Bertz CT molecular complexity index is 451. The number of aromatic nitrogens is 1. The van der Waals surface area contributed by atoms with Crippen LogP contribution in [0.3, 0.4) is 0 Å². The largest absolute Gasteiger partial charge is 0.377 e. The lowest BCUT2D eigenvalue weighted by atomic mass is 10.1. The van der Waals surface area contributed by atoms with Gasteiger partial charge in [-0.25, -0.2) is 4.98 Å². The van der Waals surface area contributed by atoms with Crippen LogP contribution in [0, 0.1) is 18.3 Å².